The lowest BCUT2D eigenvalue weighted by Crippen LogP contribution is -2.39. The molecular formula is C19H23ClN6. The van der Waals surface area contributed by atoms with Crippen LogP contribution in [0.1, 0.15) is 24.0 Å². The molecule has 6 nitrogen and oxygen atoms in total. The standard InChI is InChI=1S/C19H23ClN6/c1-13-2-3-16(10-17(13)20)24-19-18-14(4-9-26(18)23-12-22-19)11-25-7-5-15(21)6-8-25/h2-4,9-10,12,15H,5-8,11,21H2,1H3,(H,22,23,24). The van der Waals surface area contributed by atoms with E-state index < -0.39 is 0 Å². The molecule has 3 aromatic rings. The summed E-state index contributed by atoms with van der Waals surface area (Å²) in [4.78, 5) is 6.91. The van der Waals surface area contributed by atoms with E-state index in [2.05, 4.69) is 26.4 Å². The minimum Gasteiger partial charge on any atom is -0.338 e. The van der Waals surface area contributed by atoms with Crippen molar-refractivity contribution in [1.29, 1.82) is 0 Å². The summed E-state index contributed by atoms with van der Waals surface area (Å²) >= 11 is 6.25. The van der Waals surface area contributed by atoms with Gasteiger partial charge in [-0.1, -0.05) is 17.7 Å². The van der Waals surface area contributed by atoms with Crippen molar-refractivity contribution in [1.82, 2.24) is 19.5 Å². The molecule has 0 aliphatic carbocycles. The van der Waals surface area contributed by atoms with Gasteiger partial charge in [0.05, 0.1) is 0 Å². The summed E-state index contributed by atoms with van der Waals surface area (Å²) in [5.74, 6) is 0.786. The number of nitrogens with two attached hydrogens (primary N) is 1. The van der Waals surface area contributed by atoms with Crippen LogP contribution in [0.4, 0.5) is 11.5 Å². The number of likely N-dealkylation sites (tertiary alicyclic amines) is 1. The number of halogens is 1. The second kappa shape index (κ2) is 7.23. The first-order chi connectivity index (χ1) is 12.6. The second-order valence-corrected chi connectivity index (χ2v) is 7.35. The summed E-state index contributed by atoms with van der Waals surface area (Å²) in [6, 6.07) is 8.38. The van der Waals surface area contributed by atoms with E-state index in [1.165, 1.54) is 5.56 Å². The third kappa shape index (κ3) is 3.53. The maximum absolute atomic E-state index is 6.25. The topological polar surface area (TPSA) is 71.5 Å². The maximum atomic E-state index is 6.25. The summed E-state index contributed by atoms with van der Waals surface area (Å²) < 4.78 is 1.87. The number of nitrogens with zero attached hydrogens (tertiary/aromatic N) is 4. The van der Waals surface area contributed by atoms with Crippen LogP contribution in [0.3, 0.4) is 0 Å². The molecule has 0 spiro atoms. The minimum atomic E-state index is 0.337. The number of nitrogens with one attached hydrogen (secondary N) is 1. The van der Waals surface area contributed by atoms with Crippen molar-refractivity contribution in [3.05, 3.63) is 52.9 Å². The van der Waals surface area contributed by atoms with Crippen LogP contribution >= 0.6 is 11.6 Å². The Hall–Kier alpha value is -2.15. The lowest BCUT2D eigenvalue weighted by atomic mass is 10.1. The largest absolute Gasteiger partial charge is 0.338 e. The molecule has 1 saturated heterocycles. The fraction of sp³-hybridized carbons (Fsp3) is 0.368. The van der Waals surface area contributed by atoms with Crippen LogP contribution in [0, 0.1) is 6.92 Å². The van der Waals surface area contributed by atoms with Gasteiger partial charge in [-0.05, 0) is 62.2 Å². The molecule has 3 N–H and O–H groups in total. The van der Waals surface area contributed by atoms with Gasteiger partial charge in [0.15, 0.2) is 5.82 Å². The van der Waals surface area contributed by atoms with Crippen LogP contribution in [0.5, 0.6) is 0 Å². The molecule has 26 heavy (non-hydrogen) atoms. The molecule has 3 heterocycles. The molecule has 1 fully saturated rings. The molecule has 1 aliphatic heterocycles. The van der Waals surface area contributed by atoms with E-state index in [0.29, 0.717) is 6.04 Å². The number of rotatable bonds is 4. The molecular weight excluding hydrogens is 348 g/mol. The molecule has 0 atom stereocenters. The first kappa shape index (κ1) is 17.3. The fourth-order valence-electron chi connectivity index (χ4n) is 3.40. The van der Waals surface area contributed by atoms with Crippen molar-refractivity contribution < 1.29 is 0 Å². The van der Waals surface area contributed by atoms with E-state index in [4.69, 9.17) is 17.3 Å². The van der Waals surface area contributed by atoms with Gasteiger partial charge >= 0.3 is 0 Å². The molecule has 1 aromatic carbocycles. The van der Waals surface area contributed by atoms with Crippen LogP contribution in [0.15, 0.2) is 36.8 Å². The van der Waals surface area contributed by atoms with Gasteiger partial charge in [-0.2, -0.15) is 5.10 Å². The van der Waals surface area contributed by atoms with E-state index in [1.807, 2.05) is 35.8 Å². The number of benzene rings is 1. The van der Waals surface area contributed by atoms with Gasteiger partial charge in [0.25, 0.3) is 0 Å². The predicted octanol–water partition coefficient (Wildman–Crippen LogP) is 3.36. The van der Waals surface area contributed by atoms with Crippen molar-refractivity contribution in [2.45, 2.75) is 32.4 Å². The van der Waals surface area contributed by atoms with Crippen LogP contribution in [-0.4, -0.2) is 38.6 Å². The fourth-order valence-corrected chi connectivity index (χ4v) is 3.58. The van der Waals surface area contributed by atoms with Gasteiger partial charge in [-0.3, -0.25) is 4.90 Å². The van der Waals surface area contributed by atoms with Crippen LogP contribution in [-0.2, 0) is 6.54 Å². The molecule has 4 rings (SSSR count). The number of anilines is 2. The quantitative estimate of drug-likeness (QED) is 0.736. The minimum absolute atomic E-state index is 0.337. The molecule has 1 aliphatic rings. The lowest BCUT2D eigenvalue weighted by molar-refractivity contribution is 0.206. The molecule has 136 valence electrons. The SMILES string of the molecule is Cc1ccc(Nc2ncnn3ccc(CN4CCC(N)CC4)c23)cc1Cl. The van der Waals surface area contributed by atoms with E-state index in [0.717, 1.165) is 60.1 Å². The van der Waals surface area contributed by atoms with Crippen molar-refractivity contribution in [2.75, 3.05) is 18.4 Å². The Balaban J connectivity index is 1.62. The maximum Gasteiger partial charge on any atom is 0.158 e. The average molecular weight is 371 g/mol. The summed E-state index contributed by atoms with van der Waals surface area (Å²) in [6.07, 6.45) is 5.65. The second-order valence-electron chi connectivity index (χ2n) is 6.95. The lowest BCUT2D eigenvalue weighted by Gasteiger charge is -2.29. The van der Waals surface area contributed by atoms with Crippen LogP contribution in [0.25, 0.3) is 5.52 Å². The molecule has 7 heteroatoms. The van der Waals surface area contributed by atoms with Gasteiger partial charge < -0.3 is 11.1 Å². The zero-order chi connectivity index (χ0) is 18.1. The van der Waals surface area contributed by atoms with E-state index in [1.54, 1.807) is 6.33 Å². The van der Waals surface area contributed by atoms with Gasteiger partial charge in [-0.15, -0.1) is 0 Å². The molecule has 0 saturated carbocycles. The smallest absolute Gasteiger partial charge is 0.158 e. The highest BCUT2D eigenvalue weighted by Crippen LogP contribution is 2.27. The number of aryl methyl sites for hydroxylation is 1. The molecule has 0 unspecified atom stereocenters. The monoisotopic (exact) mass is 370 g/mol. The van der Waals surface area contributed by atoms with Crippen LogP contribution < -0.4 is 11.1 Å². The Morgan fingerprint density at radius 3 is 2.85 bits per heavy atom. The number of fused-ring (bicyclic) bond motifs is 1. The van der Waals surface area contributed by atoms with Crippen molar-refractivity contribution in [2.24, 2.45) is 5.73 Å². The Kier molecular flexibility index (Phi) is 4.80. The van der Waals surface area contributed by atoms with Crippen molar-refractivity contribution in [3.63, 3.8) is 0 Å². The van der Waals surface area contributed by atoms with Gasteiger partial charge in [0.2, 0.25) is 0 Å². The van der Waals surface area contributed by atoms with E-state index in [9.17, 15) is 0 Å². The summed E-state index contributed by atoms with van der Waals surface area (Å²) in [5.41, 5.74) is 10.2. The predicted molar refractivity (Wildman–Crippen MR) is 105 cm³/mol. The zero-order valence-electron chi connectivity index (χ0n) is 14.8. The van der Waals surface area contributed by atoms with Crippen molar-refractivity contribution in [3.8, 4) is 0 Å². The first-order valence-electron chi connectivity index (χ1n) is 8.92. The highest BCUT2D eigenvalue weighted by Gasteiger charge is 2.18. The Bertz CT molecular complexity index is 914. The number of hydrogen-bond acceptors (Lipinski definition) is 5. The highest BCUT2D eigenvalue weighted by atomic mass is 35.5. The van der Waals surface area contributed by atoms with Gasteiger partial charge in [0.1, 0.15) is 11.8 Å². The molecule has 0 bridgehead atoms. The molecule has 0 amide bonds. The average Bonchev–Trinajstić information content (AvgIpc) is 3.04. The number of aromatic nitrogens is 3. The number of hydrogen-bond donors (Lipinski definition) is 2. The van der Waals surface area contributed by atoms with Gasteiger partial charge in [0, 0.05) is 29.5 Å². The molecule has 0 radical (unpaired) electrons. The summed E-state index contributed by atoms with van der Waals surface area (Å²) in [6.45, 7) is 4.93. The Morgan fingerprint density at radius 2 is 2.08 bits per heavy atom. The van der Waals surface area contributed by atoms with Gasteiger partial charge in [-0.25, -0.2) is 9.50 Å². The molecule has 2 aromatic heterocycles. The number of piperidine rings is 1. The first-order valence-corrected chi connectivity index (χ1v) is 9.30. The summed E-state index contributed by atoms with van der Waals surface area (Å²) in [7, 11) is 0. The van der Waals surface area contributed by atoms with Crippen LogP contribution in [0.2, 0.25) is 5.02 Å². The Labute approximate surface area is 158 Å². The zero-order valence-corrected chi connectivity index (χ0v) is 15.6. The summed E-state index contributed by atoms with van der Waals surface area (Å²) in [5, 5.41) is 8.47. The third-order valence-electron chi connectivity index (χ3n) is 5.00. The van der Waals surface area contributed by atoms with E-state index in [-0.39, 0.29) is 0 Å². The van der Waals surface area contributed by atoms with Crippen molar-refractivity contribution >= 4 is 28.6 Å². The van der Waals surface area contributed by atoms with E-state index >= 15 is 0 Å². The third-order valence-corrected chi connectivity index (χ3v) is 5.41. The Morgan fingerprint density at radius 1 is 1.27 bits per heavy atom. The normalized spacial score (nSPS) is 16.3. The highest BCUT2D eigenvalue weighted by molar-refractivity contribution is 6.31.